The molecule has 2 rings (SSSR count). The normalized spacial score (nSPS) is 22.9. The molecule has 1 aliphatic rings. The van der Waals surface area contributed by atoms with Crippen LogP contribution in [0.3, 0.4) is 0 Å². The van der Waals surface area contributed by atoms with Crippen LogP contribution in [0.15, 0.2) is 30.3 Å². The van der Waals surface area contributed by atoms with E-state index in [1.807, 2.05) is 18.2 Å². The minimum atomic E-state index is 0.0818. The lowest BCUT2D eigenvalue weighted by Crippen LogP contribution is -2.66. The maximum atomic E-state index is 5.93. The van der Waals surface area contributed by atoms with Gasteiger partial charge in [0.05, 0.1) is 6.61 Å². The third-order valence-electron chi connectivity index (χ3n) is 3.08. The summed E-state index contributed by atoms with van der Waals surface area (Å²) < 4.78 is 0. The van der Waals surface area contributed by atoms with Gasteiger partial charge in [0.15, 0.2) is 0 Å². The third-order valence-corrected chi connectivity index (χ3v) is 3.08. The van der Waals surface area contributed by atoms with Crippen molar-refractivity contribution in [3.63, 3.8) is 0 Å². The average molecular weight is 248 g/mol. The first kappa shape index (κ1) is 13.5. The maximum absolute atomic E-state index is 5.93. The molecule has 1 aromatic carbocycles. The van der Waals surface area contributed by atoms with Gasteiger partial charge in [0, 0.05) is 24.2 Å². The Balaban J connectivity index is 1.93. The molecule has 1 aliphatic heterocycles. The molecule has 0 spiro atoms. The van der Waals surface area contributed by atoms with Crippen LogP contribution in [0.4, 0.5) is 0 Å². The van der Waals surface area contributed by atoms with Crippen molar-refractivity contribution in [1.82, 2.24) is 10.4 Å². The maximum Gasteiger partial charge on any atom is 0.0935 e. The van der Waals surface area contributed by atoms with Gasteiger partial charge in [-0.05, 0) is 33.3 Å². The molecule has 0 bridgehead atoms. The lowest BCUT2D eigenvalue weighted by atomic mass is 9.93. The van der Waals surface area contributed by atoms with E-state index in [-0.39, 0.29) is 11.1 Å². The standard InChI is InChI=1S/C15H24N2O/c1-14(2)11-17(12-15(3,4)16-14)18-10-13-8-6-5-7-9-13/h5-9,16H,10-12H2,1-4H3. The van der Waals surface area contributed by atoms with Crippen LogP contribution in [-0.2, 0) is 11.4 Å². The van der Waals surface area contributed by atoms with Crippen molar-refractivity contribution in [1.29, 1.82) is 0 Å². The Hall–Kier alpha value is -0.900. The topological polar surface area (TPSA) is 24.5 Å². The van der Waals surface area contributed by atoms with Gasteiger partial charge in [0.2, 0.25) is 0 Å². The summed E-state index contributed by atoms with van der Waals surface area (Å²) in [4.78, 5) is 5.93. The van der Waals surface area contributed by atoms with Crippen molar-refractivity contribution in [2.75, 3.05) is 13.1 Å². The Kier molecular flexibility index (Phi) is 3.76. The fourth-order valence-corrected chi connectivity index (χ4v) is 2.76. The van der Waals surface area contributed by atoms with Crippen molar-refractivity contribution in [3.8, 4) is 0 Å². The summed E-state index contributed by atoms with van der Waals surface area (Å²) in [5.41, 5.74) is 1.38. The number of nitrogens with zero attached hydrogens (tertiary/aromatic N) is 1. The number of hydrogen-bond donors (Lipinski definition) is 1. The van der Waals surface area contributed by atoms with Gasteiger partial charge < -0.3 is 5.32 Å². The van der Waals surface area contributed by atoms with Gasteiger partial charge in [-0.3, -0.25) is 4.84 Å². The highest BCUT2D eigenvalue weighted by molar-refractivity contribution is 5.13. The molecule has 1 aromatic rings. The van der Waals surface area contributed by atoms with Gasteiger partial charge in [0.25, 0.3) is 0 Å². The highest BCUT2D eigenvalue weighted by Crippen LogP contribution is 2.21. The van der Waals surface area contributed by atoms with Crippen LogP contribution < -0.4 is 5.32 Å². The number of benzene rings is 1. The first-order valence-corrected chi connectivity index (χ1v) is 6.58. The molecule has 0 atom stereocenters. The Morgan fingerprint density at radius 3 is 2.17 bits per heavy atom. The summed E-state index contributed by atoms with van der Waals surface area (Å²) in [5.74, 6) is 0. The molecule has 1 fully saturated rings. The summed E-state index contributed by atoms with van der Waals surface area (Å²) >= 11 is 0. The first-order chi connectivity index (χ1) is 8.36. The zero-order chi connectivity index (χ0) is 13.2. The molecule has 1 heterocycles. The smallest absolute Gasteiger partial charge is 0.0935 e. The molecular formula is C15H24N2O. The van der Waals surface area contributed by atoms with Gasteiger partial charge in [-0.2, -0.15) is 5.06 Å². The van der Waals surface area contributed by atoms with Crippen LogP contribution in [0.5, 0.6) is 0 Å². The van der Waals surface area contributed by atoms with Gasteiger partial charge in [-0.1, -0.05) is 30.3 Å². The predicted molar refractivity (Wildman–Crippen MR) is 74.1 cm³/mol. The van der Waals surface area contributed by atoms with Crippen LogP contribution >= 0.6 is 0 Å². The molecule has 3 nitrogen and oxygen atoms in total. The molecule has 0 amide bonds. The van der Waals surface area contributed by atoms with E-state index in [2.05, 4.69) is 50.2 Å². The minimum absolute atomic E-state index is 0.0818. The quantitative estimate of drug-likeness (QED) is 0.890. The molecule has 3 heteroatoms. The number of nitrogens with one attached hydrogen (secondary N) is 1. The molecule has 0 aromatic heterocycles. The molecule has 0 saturated carbocycles. The van der Waals surface area contributed by atoms with Gasteiger partial charge in [0.1, 0.15) is 0 Å². The Labute approximate surface area is 110 Å². The van der Waals surface area contributed by atoms with E-state index in [9.17, 15) is 0 Å². The summed E-state index contributed by atoms with van der Waals surface area (Å²) in [7, 11) is 0. The van der Waals surface area contributed by atoms with Crippen molar-refractivity contribution in [2.45, 2.75) is 45.4 Å². The minimum Gasteiger partial charge on any atom is -0.304 e. The van der Waals surface area contributed by atoms with E-state index < -0.39 is 0 Å². The number of hydroxylamine groups is 2. The SMILES string of the molecule is CC1(C)CN(OCc2ccccc2)CC(C)(C)N1. The molecular weight excluding hydrogens is 224 g/mol. The average Bonchev–Trinajstić information content (AvgIpc) is 2.24. The van der Waals surface area contributed by atoms with E-state index in [1.165, 1.54) is 5.56 Å². The van der Waals surface area contributed by atoms with E-state index in [4.69, 9.17) is 4.84 Å². The second-order valence-corrected chi connectivity index (χ2v) is 6.45. The summed E-state index contributed by atoms with van der Waals surface area (Å²) in [6.07, 6.45) is 0. The van der Waals surface area contributed by atoms with Crippen molar-refractivity contribution in [3.05, 3.63) is 35.9 Å². The summed E-state index contributed by atoms with van der Waals surface area (Å²) in [6, 6.07) is 10.3. The molecule has 0 aliphatic carbocycles. The van der Waals surface area contributed by atoms with Gasteiger partial charge in [-0.25, -0.2) is 0 Å². The largest absolute Gasteiger partial charge is 0.304 e. The van der Waals surface area contributed by atoms with Crippen LogP contribution in [0.25, 0.3) is 0 Å². The second-order valence-electron chi connectivity index (χ2n) is 6.45. The van der Waals surface area contributed by atoms with Crippen LogP contribution in [0, 0.1) is 0 Å². The molecule has 0 radical (unpaired) electrons. The van der Waals surface area contributed by atoms with Crippen molar-refractivity contribution < 1.29 is 4.84 Å². The molecule has 1 N–H and O–H groups in total. The van der Waals surface area contributed by atoms with E-state index in [0.717, 1.165) is 13.1 Å². The van der Waals surface area contributed by atoms with Gasteiger partial charge >= 0.3 is 0 Å². The molecule has 100 valence electrons. The number of piperazine rings is 1. The zero-order valence-electron chi connectivity index (χ0n) is 11.9. The van der Waals surface area contributed by atoms with E-state index in [0.29, 0.717) is 6.61 Å². The fourth-order valence-electron chi connectivity index (χ4n) is 2.76. The lowest BCUT2D eigenvalue weighted by Gasteiger charge is -2.47. The predicted octanol–water partition coefficient (Wildman–Crippen LogP) is 2.58. The number of rotatable bonds is 3. The Morgan fingerprint density at radius 1 is 1.06 bits per heavy atom. The van der Waals surface area contributed by atoms with E-state index >= 15 is 0 Å². The van der Waals surface area contributed by atoms with Crippen LogP contribution in [0.1, 0.15) is 33.3 Å². The monoisotopic (exact) mass is 248 g/mol. The summed E-state index contributed by atoms with van der Waals surface area (Å²) in [5, 5.41) is 5.73. The van der Waals surface area contributed by atoms with Crippen LogP contribution in [-0.4, -0.2) is 29.2 Å². The Bertz CT molecular complexity index is 371. The second kappa shape index (κ2) is 5.00. The highest BCUT2D eigenvalue weighted by atomic mass is 16.7. The third kappa shape index (κ3) is 3.80. The van der Waals surface area contributed by atoms with Crippen LogP contribution in [0.2, 0.25) is 0 Å². The van der Waals surface area contributed by atoms with E-state index in [1.54, 1.807) is 0 Å². The lowest BCUT2D eigenvalue weighted by molar-refractivity contribution is -0.205. The van der Waals surface area contributed by atoms with Crippen molar-refractivity contribution in [2.24, 2.45) is 0 Å². The first-order valence-electron chi connectivity index (χ1n) is 6.58. The van der Waals surface area contributed by atoms with Gasteiger partial charge in [-0.15, -0.1) is 0 Å². The molecule has 1 saturated heterocycles. The Morgan fingerprint density at radius 2 is 1.61 bits per heavy atom. The van der Waals surface area contributed by atoms with Crippen molar-refractivity contribution >= 4 is 0 Å². The fraction of sp³-hybridized carbons (Fsp3) is 0.600. The zero-order valence-corrected chi connectivity index (χ0v) is 11.9. The number of hydrogen-bond acceptors (Lipinski definition) is 3. The molecule has 0 unspecified atom stereocenters. The highest BCUT2D eigenvalue weighted by Gasteiger charge is 2.36. The summed E-state index contributed by atoms with van der Waals surface area (Å²) in [6.45, 7) is 11.3. The molecule has 18 heavy (non-hydrogen) atoms.